The van der Waals surface area contributed by atoms with Crippen LogP contribution >= 0.6 is 0 Å². The van der Waals surface area contributed by atoms with Crippen molar-refractivity contribution in [1.82, 2.24) is 9.88 Å². The van der Waals surface area contributed by atoms with Crippen molar-refractivity contribution >= 4 is 5.97 Å². The van der Waals surface area contributed by atoms with Gasteiger partial charge in [0.05, 0.1) is 0 Å². The maximum absolute atomic E-state index is 11.0. The monoisotopic (exact) mass is 222 g/mol. The molecule has 0 saturated carbocycles. The quantitative estimate of drug-likeness (QED) is 0.823. The zero-order chi connectivity index (χ0) is 12.1. The highest BCUT2D eigenvalue weighted by Gasteiger charge is 2.20. The van der Waals surface area contributed by atoms with Crippen LogP contribution in [0, 0.1) is 6.92 Å². The average molecular weight is 222 g/mol. The number of aliphatic carboxylic acids is 1. The van der Waals surface area contributed by atoms with Gasteiger partial charge in [-0.1, -0.05) is 13.0 Å². The maximum Gasteiger partial charge on any atom is 0.320 e. The van der Waals surface area contributed by atoms with Crippen LogP contribution < -0.4 is 0 Å². The third-order valence-electron chi connectivity index (χ3n) is 2.57. The normalized spacial score (nSPS) is 12.8. The van der Waals surface area contributed by atoms with Crippen LogP contribution in [0.5, 0.6) is 0 Å². The number of carboxylic acids is 1. The molecular weight excluding hydrogens is 204 g/mol. The first-order valence-electron chi connectivity index (χ1n) is 5.38. The Balaban J connectivity index is 2.69. The Hall–Kier alpha value is -1.42. The second-order valence-electron chi connectivity index (χ2n) is 4.05. The van der Waals surface area contributed by atoms with E-state index in [0.717, 1.165) is 11.1 Å². The van der Waals surface area contributed by atoms with Gasteiger partial charge in [-0.3, -0.25) is 14.7 Å². The predicted octanol–water partition coefficient (Wildman–Crippen LogP) is 1.69. The molecule has 0 bridgehead atoms. The van der Waals surface area contributed by atoms with Crippen molar-refractivity contribution in [3.05, 3.63) is 29.6 Å². The number of rotatable bonds is 5. The number of aryl methyl sites for hydroxylation is 1. The summed E-state index contributed by atoms with van der Waals surface area (Å²) in [6.45, 7) is 4.47. The number of carbonyl (C=O) groups is 1. The molecule has 1 rings (SSSR count). The highest BCUT2D eigenvalue weighted by atomic mass is 16.4. The molecule has 0 aromatic carbocycles. The summed E-state index contributed by atoms with van der Waals surface area (Å²) in [4.78, 5) is 16.9. The molecule has 0 radical (unpaired) electrons. The van der Waals surface area contributed by atoms with Gasteiger partial charge in [0.1, 0.15) is 6.04 Å². The maximum atomic E-state index is 11.0. The Labute approximate surface area is 95.9 Å². The fourth-order valence-corrected chi connectivity index (χ4v) is 1.78. The largest absolute Gasteiger partial charge is 0.480 e. The van der Waals surface area contributed by atoms with E-state index < -0.39 is 12.0 Å². The van der Waals surface area contributed by atoms with E-state index in [1.165, 1.54) is 0 Å². The number of nitrogens with zero attached hydrogens (tertiary/aromatic N) is 2. The van der Waals surface area contributed by atoms with Crippen LogP contribution in [0.25, 0.3) is 0 Å². The first-order valence-corrected chi connectivity index (χ1v) is 5.38. The van der Waals surface area contributed by atoms with Crippen molar-refractivity contribution in [2.45, 2.75) is 32.9 Å². The van der Waals surface area contributed by atoms with Crippen molar-refractivity contribution in [3.8, 4) is 0 Å². The van der Waals surface area contributed by atoms with Gasteiger partial charge in [0.2, 0.25) is 0 Å². The molecule has 4 heteroatoms. The summed E-state index contributed by atoms with van der Waals surface area (Å²) in [7, 11) is 1.82. The Morgan fingerprint density at radius 3 is 2.75 bits per heavy atom. The number of pyridine rings is 1. The third kappa shape index (κ3) is 3.31. The summed E-state index contributed by atoms with van der Waals surface area (Å²) < 4.78 is 0. The Morgan fingerprint density at radius 1 is 1.56 bits per heavy atom. The van der Waals surface area contributed by atoms with Crippen LogP contribution in [0.3, 0.4) is 0 Å². The summed E-state index contributed by atoms with van der Waals surface area (Å²) >= 11 is 0. The van der Waals surface area contributed by atoms with Crippen LogP contribution in [0.4, 0.5) is 0 Å². The van der Waals surface area contributed by atoms with Crippen molar-refractivity contribution in [1.29, 1.82) is 0 Å². The van der Waals surface area contributed by atoms with Gasteiger partial charge >= 0.3 is 5.97 Å². The average Bonchev–Trinajstić information content (AvgIpc) is 2.17. The lowest BCUT2D eigenvalue weighted by Crippen LogP contribution is -2.37. The van der Waals surface area contributed by atoms with E-state index in [0.29, 0.717) is 13.0 Å². The lowest BCUT2D eigenvalue weighted by molar-refractivity contribution is -0.143. The van der Waals surface area contributed by atoms with Crippen LogP contribution in [0.2, 0.25) is 0 Å². The predicted molar refractivity (Wildman–Crippen MR) is 62.2 cm³/mol. The lowest BCUT2D eigenvalue weighted by Gasteiger charge is -2.23. The van der Waals surface area contributed by atoms with Crippen molar-refractivity contribution in [2.75, 3.05) is 7.05 Å². The molecule has 0 amide bonds. The van der Waals surface area contributed by atoms with E-state index in [1.54, 1.807) is 12.4 Å². The summed E-state index contributed by atoms with van der Waals surface area (Å²) in [6, 6.07) is 1.60. The van der Waals surface area contributed by atoms with Crippen molar-refractivity contribution < 1.29 is 9.90 Å². The van der Waals surface area contributed by atoms with Crippen LogP contribution in [0.15, 0.2) is 18.5 Å². The van der Waals surface area contributed by atoms with Crippen LogP contribution in [-0.2, 0) is 11.3 Å². The standard InChI is InChI=1S/C12H18N2O2/c1-4-11(12(15)16)14(3)8-10-5-9(2)6-13-7-10/h5-7,11H,4,8H2,1-3H3,(H,15,16). The van der Waals surface area contributed by atoms with E-state index in [4.69, 9.17) is 5.11 Å². The number of hydrogen-bond acceptors (Lipinski definition) is 3. The molecule has 1 aromatic rings. The molecule has 4 nitrogen and oxygen atoms in total. The van der Waals surface area contributed by atoms with Gasteiger partial charge in [-0.25, -0.2) is 0 Å². The molecule has 0 fully saturated rings. The number of hydrogen-bond donors (Lipinski definition) is 1. The molecule has 0 spiro atoms. The van der Waals surface area contributed by atoms with E-state index in [2.05, 4.69) is 4.98 Å². The van der Waals surface area contributed by atoms with E-state index in [1.807, 2.05) is 31.9 Å². The molecule has 1 N–H and O–H groups in total. The Kier molecular flexibility index (Phi) is 4.43. The zero-order valence-corrected chi connectivity index (χ0v) is 9.97. The number of likely N-dealkylation sites (N-methyl/N-ethyl adjacent to an activating group) is 1. The summed E-state index contributed by atoms with van der Waals surface area (Å²) in [5.41, 5.74) is 2.14. The molecule has 1 unspecified atom stereocenters. The van der Waals surface area contributed by atoms with Crippen LogP contribution in [0.1, 0.15) is 24.5 Å². The number of aromatic nitrogens is 1. The molecule has 1 heterocycles. The minimum absolute atomic E-state index is 0.430. The second kappa shape index (κ2) is 5.61. The molecule has 1 atom stereocenters. The minimum Gasteiger partial charge on any atom is -0.480 e. The molecule has 0 aliphatic heterocycles. The fourth-order valence-electron chi connectivity index (χ4n) is 1.78. The van der Waals surface area contributed by atoms with Crippen molar-refractivity contribution in [2.24, 2.45) is 0 Å². The first kappa shape index (κ1) is 12.6. The highest BCUT2D eigenvalue weighted by Crippen LogP contribution is 2.09. The van der Waals surface area contributed by atoms with Crippen molar-refractivity contribution in [3.63, 3.8) is 0 Å². The zero-order valence-electron chi connectivity index (χ0n) is 9.97. The van der Waals surface area contributed by atoms with Gasteiger partial charge in [0, 0.05) is 18.9 Å². The Bertz CT molecular complexity index is 366. The second-order valence-corrected chi connectivity index (χ2v) is 4.05. The van der Waals surface area contributed by atoms with E-state index in [9.17, 15) is 4.79 Å². The van der Waals surface area contributed by atoms with Gasteiger partial charge in [-0.05, 0) is 31.5 Å². The molecule has 16 heavy (non-hydrogen) atoms. The van der Waals surface area contributed by atoms with Crippen LogP contribution in [-0.4, -0.2) is 34.0 Å². The molecule has 0 aliphatic carbocycles. The highest BCUT2D eigenvalue weighted by molar-refractivity contribution is 5.73. The van der Waals surface area contributed by atoms with Gasteiger partial charge in [0.15, 0.2) is 0 Å². The number of carboxylic acid groups (broad SMARTS) is 1. The van der Waals surface area contributed by atoms with Gasteiger partial charge in [-0.15, -0.1) is 0 Å². The summed E-state index contributed by atoms with van der Waals surface area (Å²) in [5, 5.41) is 9.02. The first-order chi connectivity index (χ1) is 7.54. The molecule has 0 saturated heterocycles. The summed E-state index contributed by atoms with van der Waals surface area (Å²) in [5.74, 6) is -0.773. The lowest BCUT2D eigenvalue weighted by atomic mass is 10.1. The molecule has 1 aromatic heterocycles. The van der Waals surface area contributed by atoms with Gasteiger partial charge in [-0.2, -0.15) is 0 Å². The third-order valence-corrected chi connectivity index (χ3v) is 2.57. The summed E-state index contributed by atoms with van der Waals surface area (Å²) in [6.07, 6.45) is 4.17. The molecule has 88 valence electrons. The smallest absolute Gasteiger partial charge is 0.320 e. The van der Waals surface area contributed by atoms with E-state index >= 15 is 0 Å². The Morgan fingerprint density at radius 2 is 2.25 bits per heavy atom. The fraction of sp³-hybridized carbons (Fsp3) is 0.500. The SMILES string of the molecule is CCC(C(=O)O)N(C)Cc1cncc(C)c1. The topological polar surface area (TPSA) is 53.4 Å². The van der Waals surface area contributed by atoms with E-state index in [-0.39, 0.29) is 0 Å². The molecule has 0 aliphatic rings. The molecular formula is C12H18N2O2. The van der Waals surface area contributed by atoms with Gasteiger partial charge < -0.3 is 5.11 Å². The minimum atomic E-state index is -0.773. The van der Waals surface area contributed by atoms with Gasteiger partial charge in [0.25, 0.3) is 0 Å².